The van der Waals surface area contributed by atoms with Gasteiger partial charge in [0, 0.05) is 12.0 Å². The third-order valence-corrected chi connectivity index (χ3v) is 5.65. The fraction of sp³-hybridized carbons (Fsp3) is 0.700. The highest BCUT2D eigenvalue weighted by atomic mass is 16.6. The lowest BCUT2D eigenvalue weighted by molar-refractivity contribution is -0.145. The predicted molar refractivity (Wildman–Crippen MR) is 149 cm³/mol. The van der Waals surface area contributed by atoms with Gasteiger partial charge >= 0.3 is 11.9 Å². The molecule has 0 aromatic heterocycles. The van der Waals surface area contributed by atoms with Crippen LogP contribution >= 0.6 is 0 Å². The van der Waals surface area contributed by atoms with Crippen molar-refractivity contribution in [2.75, 3.05) is 79.3 Å². The fourth-order valence-electron chi connectivity index (χ4n) is 3.46. The van der Waals surface area contributed by atoms with Crippen molar-refractivity contribution in [3.63, 3.8) is 0 Å². The Balaban J connectivity index is 1.74. The van der Waals surface area contributed by atoms with Crippen LogP contribution in [0, 0.1) is 0 Å². The Hall–Kier alpha value is -2.37. The van der Waals surface area contributed by atoms with Crippen LogP contribution in [0.15, 0.2) is 30.3 Å². The zero-order chi connectivity index (χ0) is 28.9. The van der Waals surface area contributed by atoms with Gasteiger partial charge < -0.3 is 33.2 Å². The van der Waals surface area contributed by atoms with Gasteiger partial charge in [0.25, 0.3) is 5.78 Å². The van der Waals surface area contributed by atoms with Gasteiger partial charge in [-0.05, 0) is 6.42 Å². The molecule has 0 unspecified atom stereocenters. The standard InChI is InChI=1S/C30H48O10/c1-2-3-4-5-6-7-11-14-28(31)39-25-23-37-21-19-35-17-15-34-16-18-36-20-22-38-24-26-40-30(33)29(32)27-12-9-8-10-13-27/h8-10,12-13H,2-7,11,14-26H2,1H3. The van der Waals surface area contributed by atoms with E-state index in [1.165, 1.54) is 32.1 Å². The number of unbranched alkanes of at least 4 members (excludes halogenated alkanes) is 6. The SMILES string of the molecule is CCCCCCCCCC(=O)OCCOCCOCCOCCOCCOCCOC(=O)C(=O)c1ccccc1. The summed E-state index contributed by atoms with van der Waals surface area (Å²) in [6.07, 6.45) is 8.73. The van der Waals surface area contributed by atoms with E-state index in [-0.39, 0.29) is 25.8 Å². The quantitative estimate of drug-likeness (QED) is 0.0631. The highest BCUT2D eigenvalue weighted by Crippen LogP contribution is 2.08. The number of esters is 2. The van der Waals surface area contributed by atoms with E-state index in [1.807, 2.05) is 0 Å². The average molecular weight is 569 g/mol. The number of Topliss-reactive ketones (excluding diaryl/α,β-unsaturated/α-hetero) is 1. The smallest absolute Gasteiger partial charge is 0.379 e. The lowest BCUT2D eigenvalue weighted by Gasteiger charge is -2.08. The summed E-state index contributed by atoms with van der Waals surface area (Å²) in [6, 6.07) is 8.25. The van der Waals surface area contributed by atoms with Crippen molar-refractivity contribution in [1.82, 2.24) is 0 Å². The van der Waals surface area contributed by atoms with Crippen LogP contribution in [0.1, 0.15) is 68.6 Å². The third-order valence-electron chi connectivity index (χ3n) is 5.65. The maximum absolute atomic E-state index is 11.9. The summed E-state index contributed by atoms with van der Waals surface area (Å²) in [5.41, 5.74) is 0.296. The number of hydrogen-bond donors (Lipinski definition) is 0. The first-order valence-corrected chi connectivity index (χ1v) is 14.5. The maximum Gasteiger partial charge on any atom is 0.379 e. The van der Waals surface area contributed by atoms with Crippen molar-refractivity contribution in [2.45, 2.75) is 58.3 Å². The second-order valence-electron chi connectivity index (χ2n) is 8.98. The van der Waals surface area contributed by atoms with Crippen molar-refractivity contribution >= 4 is 17.7 Å². The molecule has 1 aromatic carbocycles. The van der Waals surface area contributed by atoms with Crippen molar-refractivity contribution in [1.29, 1.82) is 0 Å². The fourth-order valence-corrected chi connectivity index (χ4v) is 3.46. The number of ether oxygens (including phenoxy) is 7. The summed E-state index contributed by atoms with van der Waals surface area (Å²) in [6.45, 7) is 6.36. The van der Waals surface area contributed by atoms with Crippen LogP contribution in [0.3, 0.4) is 0 Å². The molecule has 0 heterocycles. The van der Waals surface area contributed by atoms with Crippen molar-refractivity contribution in [3.05, 3.63) is 35.9 Å². The molecule has 0 atom stereocenters. The van der Waals surface area contributed by atoms with Gasteiger partial charge in [-0.3, -0.25) is 9.59 Å². The number of hydrogen-bond acceptors (Lipinski definition) is 10. The van der Waals surface area contributed by atoms with E-state index in [0.717, 1.165) is 12.8 Å². The molecule has 228 valence electrons. The van der Waals surface area contributed by atoms with Crippen LogP contribution in [-0.4, -0.2) is 97.0 Å². The Labute approximate surface area is 238 Å². The summed E-state index contributed by atoms with van der Waals surface area (Å²) >= 11 is 0. The Bertz CT molecular complexity index is 756. The van der Waals surface area contributed by atoms with E-state index in [9.17, 15) is 14.4 Å². The number of rotatable bonds is 28. The second kappa shape index (κ2) is 26.8. The van der Waals surface area contributed by atoms with Crippen LogP contribution in [-0.2, 0) is 42.7 Å². The molecule has 10 heteroatoms. The number of ketones is 1. The zero-order valence-electron chi connectivity index (χ0n) is 24.1. The first kappa shape index (κ1) is 35.7. The molecule has 0 aliphatic rings. The molecule has 0 amide bonds. The monoisotopic (exact) mass is 568 g/mol. The summed E-state index contributed by atoms with van der Waals surface area (Å²) < 4.78 is 37.0. The molecule has 1 rings (SSSR count). The minimum Gasteiger partial charge on any atom is -0.463 e. The lowest BCUT2D eigenvalue weighted by atomic mass is 10.1. The van der Waals surface area contributed by atoms with Crippen molar-refractivity contribution in [3.8, 4) is 0 Å². The number of carbonyl (C=O) groups excluding carboxylic acids is 3. The molecule has 1 aromatic rings. The van der Waals surface area contributed by atoms with E-state index < -0.39 is 11.8 Å². The molecule has 10 nitrogen and oxygen atoms in total. The average Bonchev–Trinajstić information content (AvgIpc) is 2.97. The Morgan fingerprint density at radius 2 is 0.950 bits per heavy atom. The van der Waals surface area contributed by atoms with E-state index in [1.54, 1.807) is 30.3 Å². The Morgan fingerprint density at radius 1 is 0.525 bits per heavy atom. The van der Waals surface area contributed by atoms with Gasteiger partial charge in [0.2, 0.25) is 0 Å². The Kier molecular flexibility index (Phi) is 23.9. The highest BCUT2D eigenvalue weighted by Gasteiger charge is 2.17. The van der Waals surface area contributed by atoms with E-state index >= 15 is 0 Å². The highest BCUT2D eigenvalue weighted by molar-refractivity contribution is 6.40. The molecule has 0 saturated carbocycles. The number of benzene rings is 1. The van der Waals surface area contributed by atoms with E-state index in [0.29, 0.717) is 71.4 Å². The summed E-state index contributed by atoms with van der Waals surface area (Å²) in [7, 11) is 0. The molecular formula is C30H48O10. The summed E-state index contributed by atoms with van der Waals surface area (Å²) in [4.78, 5) is 35.2. The normalized spacial score (nSPS) is 10.9. The molecule has 0 N–H and O–H groups in total. The molecule has 0 saturated heterocycles. The second-order valence-corrected chi connectivity index (χ2v) is 8.98. The first-order chi connectivity index (χ1) is 19.6. The van der Waals surface area contributed by atoms with Gasteiger partial charge in [-0.2, -0.15) is 0 Å². The van der Waals surface area contributed by atoms with Gasteiger partial charge in [-0.15, -0.1) is 0 Å². The third kappa shape index (κ3) is 21.5. The van der Waals surface area contributed by atoms with Gasteiger partial charge in [-0.25, -0.2) is 4.79 Å². The largest absolute Gasteiger partial charge is 0.463 e. The van der Waals surface area contributed by atoms with Crippen LogP contribution in [0.5, 0.6) is 0 Å². The summed E-state index contributed by atoms with van der Waals surface area (Å²) in [5, 5.41) is 0. The van der Waals surface area contributed by atoms with Gasteiger partial charge in [-0.1, -0.05) is 75.8 Å². The molecule has 0 aliphatic heterocycles. The van der Waals surface area contributed by atoms with Crippen LogP contribution < -0.4 is 0 Å². The van der Waals surface area contributed by atoms with Crippen molar-refractivity contribution < 1.29 is 47.5 Å². The summed E-state index contributed by atoms with van der Waals surface area (Å²) in [5.74, 6) is -1.73. The van der Waals surface area contributed by atoms with E-state index in [4.69, 9.17) is 33.2 Å². The van der Waals surface area contributed by atoms with Gasteiger partial charge in [0.15, 0.2) is 0 Å². The molecule has 0 aliphatic carbocycles. The predicted octanol–water partition coefficient (Wildman–Crippen LogP) is 4.18. The number of carbonyl (C=O) groups is 3. The first-order valence-electron chi connectivity index (χ1n) is 14.5. The molecule has 40 heavy (non-hydrogen) atoms. The van der Waals surface area contributed by atoms with Gasteiger partial charge in [0.05, 0.1) is 66.1 Å². The van der Waals surface area contributed by atoms with Gasteiger partial charge in [0.1, 0.15) is 13.2 Å². The lowest BCUT2D eigenvalue weighted by Crippen LogP contribution is -2.20. The van der Waals surface area contributed by atoms with Crippen LogP contribution in [0.2, 0.25) is 0 Å². The Morgan fingerprint density at radius 3 is 1.45 bits per heavy atom. The zero-order valence-corrected chi connectivity index (χ0v) is 24.1. The molecule has 0 bridgehead atoms. The maximum atomic E-state index is 11.9. The molecular weight excluding hydrogens is 520 g/mol. The molecule has 0 fully saturated rings. The topological polar surface area (TPSA) is 116 Å². The molecule has 0 radical (unpaired) electrons. The molecule has 0 spiro atoms. The van der Waals surface area contributed by atoms with Crippen LogP contribution in [0.4, 0.5) is 0 Å². The van der Waals surface area contributed by atoms with E-state index in [2.05, 4.69) is 6.92 Å². The minimum atomic E-state index is -0.897. The van der Waals surface area contributed by atoms with Crippen LogP contribution in [0.25, 0.3) is 0 Å². The minimum absolute atomic E-state index is 0.00162. The van der Waals surface area contributed by atoms with Crippen molar-refractivity contribution in [2.24, 2.45) is 0 Å².